The van der Waals surface area contributed by atoms with E-state index in [1.165, 1.54) is 23.6 Å². The SMILES string of the molecule is O=[N+]([O-])c1ccccc1/C=C/C=N\Nc1nc2ccccc2s1. The summed E-state index contributed by atoms with van der Waals surface area (Å²) in [6, 6.07) is 14.4. The smallest absolute Gasteiger partial charge is 0.258 e. The molecule has 0 amide bonds. The molecule has 2 aromatic carbocycles. The van der Waals surface area contributed by atoms with Crippen molar-refractivity contribution < 1.29 is 4.92 Å². The van der Waals surface area contributed by atoms with Crippen molar-refractivity contribution >= 4 is 44.7 Å². The van der Waals surface area contributed by atoms with Crippen LogP contribution in [0.5, 0.6) is 0 Å². The van der Waals surface area contributed by atoms with Gasteiger partial charge in [-0.1, -0.05) is 35.6 Å². The fraction of sp³-hybridized carbons (Fsp3) is 0. The zero-order chi connectivity index (χ0) is 16.1. The third kappa shape index (κ3) is 3.58. The van der Waals surface area contributed by atoms with Gasteiger partial charge in [-0.3, -0.25) is 15.5 Å². The molecule has 0 fully saturated rings. The summed E-state index contributed by atoms with van der Waals surface area (Å²) in [7, 11) is 0. The molecule has 1 N–H and O–H groups in total. The first-order chi connectivity index (χ1) is 11.2. The molecule has 0 radical (unpaired) electrons. The van der Waals surface area contributed by atoms with E-state index in [-0.39, 0.29) is 5.69 Å². The molecule has 114 valence electrons. The number of para-hydroxylation sites is 2. The molecule has 1 aromatic heterocycles. The molecule has 0 unspecified atom stereocenters. The van der Waals surface area contributed by atoms with Gasteiger partial charge in [-0.2, -0.15) is 5.10 Å². The van der Waals surface area contributed by atoms with E-state index in [1.54, 1.807) is 30.4 Å². The number of rotatable bonds is 5. The number of nitro benzene ring substituents is 1. The van der Waals surface area contributed by atoms with Gasteiger partial charge in [0.2, 0.25) is 5.13 Å². The fourth-order valence-corrected chi connectivity index (χ4v) is 2.81. The molecule has 3 aromatic rings. The number of nitro groups is 1. The van der Waals surface area contributed by atoms with Crippen LogP contribution in [0, 0.1) is 10.1 Å². The molecule has 0 bridgehead atoms. The molecule has 0 saturated heterocycles. The van der Waals surface area contributed by atoms with E-state index >= 15 is 0 Å². The first-order valence-corrected chi connectivity index (χ1v) is 7.60. The molecule has 0 saturated carbocycles. The van der Waals surface area contributed by atoms with Crippen molar-refractivity contribution in [3.63, 3.8) is 0 Å². The van der Waals surface area contributed by atoms with Crippen LogP contribution in [0.15, 0.2) is 59.7 Å². The molecule has 0 aliphatic carbocycles. The molecular formula is C16H12N4O2S. The van der Waals surface area contributed by atoms with Crippen LogP contribution < -0.4 is 5.43 Å². The van der Waals surface area contributed by atoms with Crippen LogP contribution in [0.25, 0.3) is 16.3 Å². The number of allylic oxidation sites excluding steroid dienone is 1. The lowest BCUT2D eigenvalue weighted by Gasteiger charge is -1.95. The average molecular weight is 324 g/mol. The predicted molar refractivity (Wildman–Crippen MR) is 93.9 cm³/mol. The number of hydrogen-bond acceptors (Lipinski definition) is 6. The lowest BCUT2D eigenvalue weighted by atomic mass is 10.2. The van der Waals surface area contributed by atoms with Gasteiger partial charge in [-0.15, -0.1) is 0 Å². The van der Waals surface area contributed by atoms with Crippen molar-refractivity contribution in [2.75, 3.05) is 5.43 Å². The standard InChI is InChI=1S/C16H12N4O2S/c21-20(22)14-9-3-1-6-12(14)7-5-11-17-19-16-18-13-8-2-4-10-15(13)23-16/h1-11H,(H,18,19)/b7-5+,17-11-. The second-order valence-electron chi connectivity index (χ2n) is 4.55. The van der Waals surface area contributed by atoms with Crippen LogP contribution >= 0.6 is 11.3 Å². The second kappa shape index (κ2) is 6.80. The molecule has 1 heterocycles. The summed E-state index contributed by atoms with van der Waals surface area (Å²) in [5, 5.41) is 15.6. The Hall–Kier alpha value is -3.06. The molecule has 0 atom stereocenters. The van der Waals surface area contributed by atoms with Crippen LogP contribution in [0.4, 0.5) is 10.8 Å². The number of hydrazone groups is 1. The third-order valence-corrected chi connectivity index (χ3v) is 3.96. The van der Waals surface area contributed by atoms with Gasteiger partial charge >= 0.3 is 0 Å². The van der Waals surface area contributed by atoms with E-state index in [0.29, 0.717) is 10.7 Å². The summed E-state index contributed by atoms with van der Waals surface area (Å²) in [5.41, 5.74) is 4.37. The highest BCUT2D eigenvalue weighted by atomic mass is 32.1. The Kier molecular flexibility index (Phi) is 4.39. The first kappa shape index (κ1) is 14.9. The number of anilines is 1. The van der Waals surface area contributed by atoms with E-state index in [4.69, 9.17) is 0 Å². The maximum absolute atomic E-state index is 10.9. The summed E-state index contributed by atoms with van der Waals surface area (Å²) < 4.78 is 1.08. The Bertz CT molecular complexity index is 869. The van der Waals surface area contributed by atoms with Gasteiger partial charge in [0.05, 0.1) is 20.7 Å². The number of nitrogens with zero attached hydrogens (tertiary/aromatic N) is 3. The Balaban J connectivity index is 1.66. The van der Waals surface area contributed by atoms with Gasteiger partial charge in [0.15, 0.2) is 0 Å². The molecule has 3 rings (SSSR count). The van der Waals surface area contributed by atoms with E-state index in [9.17, 15) is 10.1 Å². The van der Waals surface area contributed by atoms with E-state index in [0.717, 1.165) is 10.2 Å². The number of benzene rings is 2. The number of nitrogens with one attached hydrogen (secondary N) is 1. The lowest BCUT2D eigenvalue weighted by molar-refractivity contribution is -0.385. The zero-order valence-corrected chi connectivity index (χ0v) is 12.7. The topological polar surface area (TPSA) is 80.4 Å². The number of fused-ring (bicyclic) bond motifs is 1. The minimum absolute atomic E-state index is 0.0660. The average Bonchev–Trinajstić information content (AvgIpc) is 2.97. The summed E-state index contributed by atoms with van der Waals surface area (Å²) in [4.78, 5) is 14.9. The van der Waals surface area contributed by atoms with Gasteiger partial charge in [-0.25, -0.2) is 4.98 Å². The van der Waals surface area contributed by atoms with Gasteiger partial charge in [0.25, 0.3) is 5.69 Å². The normalized spacial score (nSPS) is 11.5. The highest BCUT2D eigenvalue weighted by molar-refractivity contribution is 7.22. The number of thiazole rings is 1. The quantitative estimate of drug-likeness (QED) is 0.430. The fourth-order valence-electron chi connectivity index (χ4n) is 2.00. The van der Waals surface area contributed by atoms with Crippen LogP contribution in [-0.2, 0) is 0 Å². The van der Waals surface area contributed by atoms with Crippen molar-refractivity contribution in [2.45, 2.75) is 0 Å². The van der Waals surface area contributed by atoms with Gasteiger partial charge in [0.1, 0.15) is 0 Å². The van der Waals surface area contributed by atoms with Crippen LogP contribution in [0.1, 0.15) is 5.56 Å². The molecule has 0 aliphatic rings. The summed E-state index contributed by atoms with van der Waals surface area (Å²) in [6.45, 7) is 0. The molecule has 6 nitrogen and oxygen atoms in total. The van der Waals surface area contributed by atoms with E-state index in [1.807, 2.05) is 24.3 Å². The number of hydrogen-bond donors (Lipinski definition) is 1. The highest BCUT2D eigenvalue weighted by Gasteiger charge is 2.08. The predicted octanol–water partition coefficient (Wildman–Crippen LogP) is 4.32. The van der Waals surface area contributed by atoms with Crippen molar-refractivity contribution in [3.8, 4) is 0 Å². The summed E-state index contributed by atoms with van der Waals surface area (Å²) in [5.74, 6) is 0. The minimum Gasteiger partial charge on any atom is -0.258 e. The van der Waals surface area contributed by atoms with Crippen molar-refractivity contribution in [2.24, 2.45) is 5.10 Å². The highest BCUT2D eigenvalue weighted by Crippen LogP contribution is 2.25. The van der Waals surface area contributed by atoms with Gasteiger partial charge in [-0.05, 0) is 30.4 Å². The summed E-state index contributed by atoms with van der Waals surface area (Å²) >= 11 is 1.51. The Morgan fingerprint density at radius 2 is 1.96 bits per heavy atom. The monoisotopic (exact) mass is 324 g/mol. The Morgan fingerprint density at radius 1 is 1.17 bits per heavy atom. The van der Waals surface area contributed by atoms with Crippen molar-refractivity contribution in [1.82, 2.24) is 4.98 Å². The zero-order valence-electron chi connectivity index (χ0n) is 11.9. The Labute approximate surface area is 136 Å². The Morgan fingerprint density at radius 3 is 2.78 bits per heavy atom. The minimum atomic E-state index is -0.407. The maximum Gasteiger partial charge on any atom is 0.276 e. The maximum atomic E-state index is 10.9. The third-order valence-electron chi connectivity index (χ3n) is 3.02. The van der Waals surface area contributed by atoms with Gasteiger partial charge < -0.3 is 0 Å². The molecular weight excluding hydrogens is 312 g/mol. The summed E-state index contributed by atoms with van der Waals surface area (Å²) in [6.07, 6.45) is 4.81. The van der Waals surface area contributed by atoms with E-state index < -0.39 is 4.92 Å². The largest absolute Gasteiger partial charge is 0.276 e. The molecule has 23 heavy (non-hydrogen) atoms. The van der Waals surface area contributed by atoms with Crippen LogP contribution in [0.3, 0.4) is 0 Å². The molecule has 0 spiro atoms. The van der Waals surface area contributed by atoms with Crippen LogP contribution in [0.2, 0.25) is 0 Å². The van der Waals surface area contributed by atoms with Crippen molar-refractivity contribution in [3.05, 3.63) is 70.3 Å². The first-order valence-electron chi connectivity index (χ1n) is 6.79. The van der Waals surface area contributed by atoms with Gasteiger partial charge in [0, 0.05) is 12.3 Å². The molecule has 0 aliphatic heterocycles. The van der Waals surface area contributed by atoms with Crippen molar-refractivity contribution in [1.29, 1.82) is 0 Å². The van der Waals surface area contributed by atoms with E-state index in [2.05, 4.69) is 15.5 Å². The second-order valence-corrected chi connectivity index (χ2v) is 5.58. The number of aromatic nitrogens is 1. The van der Waals surface area contributed by atoms with Crippen LogP contribution in [-0.4, -0.2) is 16.1 Å². The lowest BCUT2D eigenvalue weighted by Crippen LogP contribution is -1.90. The molecule has 7 heteroatoms.